The number of ether oxygens (including phenoxy) is 1. The number of nitrogens with two attached hydrogens (primary N) is 1. The lowest BCUT2D eigenvalue weighted by molar-refractivity contribution is 0.0212. The van der Waals surface area contributed by atoms with Gasteiger partial charge in [0.15, 0.2) is 0 Å². The van der Waals surface area contributed by atoms with E-state index in [1.165, 1.54) is 25.7 Å². The van der Waals surface area contributed by atoms with Gasteiger partial charge in [-0.15, -0.1) is 0 Å². The maximum atomic E-state index is 5.67. The van der Waals surface area contributed by atoms with Crippen molar-refractivity contribution in [2.45, 2.75) is 58.1 Å². The summed E-state index contributed by atoms with van der Waals surface area (Å²) >= 11 is 0. The topological polar surface area (TPSA) is 47.3 Å². The molecule has 0 heterocycles. The van der Waals surface area contributed by atoms with E-state index < -0.39 is 0 Å². The number of rotatable bonds is 7. The molecular weight excluding hydrogens is 176 g/mol. The Bertz CT molecular complexity index is 148. The second kappa shape index (κ2) is 6.38. The highest BCUT2D eigenvalue weighted by atomic mass is 16.5. The summed E-state index contributed by atoms with van der Waals surface area (Å²) in [7, 11) is 0. The fourth-order valence-electron chi connectivity index (χ4n) is 2.15. The van der Waals surface area contributed by atoms with Gasteiger partial charge >= 0.3 is 0 Å². The summed E-state index contributed by atoms with van der Waals surface area (Å²) in [5.41, 5.74) is 2.91. The zero-order valence-electron chi connectivity index (χ0n) is 9.46. The van der Waals surface area contributed by atoms with Gasteiger partial charge in [-0.1, -0.05) is 26.2 Å². The van der Waals surface area contributed by atoms with Gasteiger partial charge in [0.05, 0.1) is 6.10 Å². The third-order valence-electron chi connectivity index (χ3n) is 3.26. The Labute approximate surface area is 87.4 Å². The first-order valence-electron chi connectivity index (χ1n) is 5.89. The molecule has 0 spiro atoms. The van der Waals surface area contributed by atoms with E-state index >= 15 is 0 Å². The third kappa shape index (κ3) is 3.23. The highest BCUT2D eigenvalue weighted by molar-refractivity contribution is 4.81. The lowest BCUT2D eigenvalue weighted by Crippen LogP contribution is -2.46. The van der Waals surface area contributed by atoms with Crippen LogP contribution in [0.5, 0.6) is 0 Å². The molecule has 0 aliphatic heterocycles. The summed E-state index contributed by atoms with van der Waals surface area (Å²) in [6.07, 6.45) is 6.64. The molecule has 3 nitrogen and oxygen atoms in total. The lowest BCUT2D eigenvalue weighted by Gasteiger charge is -2.33. The van der Waals surface area contributed by atoms with Crippen molar-refractivity contribution >= 4 is 0 Å². The SMILES string of the molecule is CCOC(CC)C(CC1CCC1)NN. The summed E-state index contributed by atoms with van der Waals surface area (Å²) in [5.74, 6) is 6.46. The molecule has 1 saturated carbocycles. The summed E-state index contributed by atoms with van der Waals surface area (Å²) in [4.78, 5) is 0. The molecule has 0 radical (unpaired) electrons. The molecule has 0 bridgehead atoms. The van der Waals surface area contributed by atoms with Crippen LogP contribution in [-0.2, 0) is 4.74 Å². The molecule has 14 heavy (non-hydrogen) atoms. The smallest absolute Gasteiger partial charge is 0.0738 e. The van der Waals surface area contributed by atoms with Crippen molar-refractivity contribution in [2.24, 2.45) is 11.8 Å². The molecule has 2 unspecified atom stereocenters. The van der Waals surface area contributed by atoms with E-state index in [1.54, 1.807) is 0 Å². The van der Waals surface area contributed by atoms with Crippen LogP contribution >= 0.6 is 0 Å². The van der Waals surface area contributed by atoms with Crippen LogP contribution < -0.4 is 11.3 Å². The van der Waals surface area contributed by atoms with Crippen LogP contribution in [0.3, 0.4) is 0 Å². The molecule has 1 rings (SSSR count). The van der Waals surface area contributed by atoms with Gasteiger partial charge in [0.2, 0.25) is 0 Å². The minimum atomic E-state index is 0.283. The minimum Gasteiger partial charge on any atom is -0.377 e. The van der Waals surface area contributed by atoms with Crippen LogP contribution in [0.15, 0.2) is 0 Å². The standard InChI is InChI=1S/C11H24N2O/c1-3-11(14-4-2)10(13-12)8-9-6-5-7-9/h9-11,13H,3-8,12H2,1-2H3. The first-order chi connectivity index (χ1) is 6.81. The molecule has 1 fully saturated rings. The van der Waals surface area contributed by atoms with Gasteiger partial charge in [-0.2, -0.15) is 0 Å². The average molecular weight is 200 g/mol. The van der Waals surface area contributed by atoms with E-state index in [9.17, 15) is 0 Å². The third-order valence-corrected chi connectivity index (χ3v) is 3.26. The van der Waals surface area contributed by atoms with E-state index in [2.05, 4.69) is 12.3 Å². The maximum absolute atomic E-state index is 5.67. The summed E-state index contributed by atoms with van der Waals surface area (Å²) in [6.45, 7) is 4.98. The highest BCUT2D eigenvalue weighted by Gasteiger charge is 2.26. The fraction of sp³-hybridized carbons (Fsp3) is 1.00. The zero-order valence-corrected chi connectivity index (χ0v) is 9.46. The Kier molecular flexibility index (Phi) is 5.45. The van der Waals surface area contributed by atoms with Crippen LogP contribution in [0, 0.1) is 5.92 Å². The van der Waals surface area contributed by atoms with Crippen LogP contribution in [0.2, 0.25) is 0 Å². The Morgan fingerprint density at radius 3 is 2.50 bits per heavy atom. The highest BCUT2D eigenvalue weighted by Crippen LogP contribution is 2.31. The number of hydrogen-bond acceptors (Lipinski definition) is 3. The van der Waals surface area contributed by atoms with Crippen LogP contribution in [0.4, 0.5) is 0 Å². The van der Waals surface area contributed by atoms with E-state index in [0.29, 0.717) is 6.04 Å². The molecule has 0 amide bonds. The van der Waals surface area contributed by atoms with Gasteiger partial charge in [-0.25, -0.2) is 0 Å². The average Bonchev–Trinajstić information content (AvgIpc) is 2.14. The molecule has 0 aromatic heterocycles. The Hall–Kier alpha value is -0.120. The molecule has 0 saturated heterocycles. The van der Waals surface area contributed by atoms with Crippen molar-refractivity contribution < 1.29 is 4.74 Å². The normalized spacial score (nSPS) is 21.6. The monoisotopic (exact) mass is 200 g/mol. The van der Waals surface area contributed by atoms with Crippen molar-refractivity contribution in [1.29, 1.82) is 0 Å². The van der Waals surface area contributed by atoms with Gasteiger partial charge in [0.1, 0.15) is 0 Å². The van der Waals surface area contributed by atoms with E-state index in [0.717, 1.165) is 18.9 Å². The minimum absolute atomic E-state index is 0.283. The molecule has 2 atom stereocenters. The summed E-state index contributed by atoms with van der Waals surface area (Å²) in [6, 6.07) is 0.338. The second-order valence-electron chi connectivity index (χ2n) is 4.21. The molecule has 1 aliphatic carbocycles. The van der Waals surface area contributed by atoms with Crippen molar-refractivity contribution in [2.75, 3.05) is 6.61 Å². The molecule has 0 aromatic carbocycles. The largest absolute Gasteiger partial charge is 0.377 e. The van der Waals surface area contributed by atoms with Gasteiger partial charge in [0, 0.05) is 12.6 Å². The van der Waals surface area contributed by atoms with Gasteiger partial charge < -0.3 is 4.74 Å². The zero-order chi connectivity index (χ0) is 10.4. The van der Waals surface area contributed by atoms with E-state index in [4.69, 9.17) is 10.6 Å². The fourth-order valence-corrected chi connectivity index (χ4v) is 2.15. The molecule has 1 aliphatic rings. The Balaban J connectivity index is 2.32. The quantitative estimate of drug-likeness (QED) is 0.487. The molecule has 0 aromatic rings. The van der Waals surface area contributed by atoms with Crippen molar-refractivity contribution in [3.05, 3.63) is 0 Å². The second-order valence-corrected chi connectivity index (χ2v) is 4.21. The van der Waals surface area contributed by atoms with Crippen molar-refractivity contribution in [3.63, 3.8) is 0 Å². The van der Waals surface area contributed by atoms with Crippen LogP contribution in [-0.4, -0.2) is 18.8 Å². The summed E-state index contributed by atoms with van der Waals surface area (Å²) < 4.78 is 5.67. The Morgan fingerprint density at radius 2 is 2.14 bits per heavy atom. The first-order valence-corrected chi connectivity index (χ1v) is 5.89. The molecule has 3 heteroatoms. The number of hydrazine groups is 1. The molecule has 84 valence electrons. The van der Waals surface area contributed by atoms with E-state index in [-0.39, 0.29) is 6.10 Å². The molecular formula is C11H24N2O. The lowest BCUT2D eigenvalue weighted by atomic mass is 9.80. The predicted octanol–water partition coefficient (Wildman–Crippen LogP) is 1.82. The number of hydrogen-bond donors (Lipinski definition) is 2. The van der Waals surface area contributed by atoms with Gasteiger partial charge in [0.25, 0.3) is 0 Å². The first kappa shape index (κ1) is 12.0. The van der Waals surface area contributed by atoms with Crippen LogP contribution in [0.25, 0.3) is 0 Å². The summed E-state index contributed by atoms with van der Waals surface area (Å²) in [5, 5.41) is 0. The van der Waals surface area contributed by atoms with Gasteiger partial charge in [-0.05, 0) is 25.7 Å². The number of nitrogens with one attached hydrogen (secondary N) is 1. The van der Waals surface area contributed by atoms with Gasteiger partial charge in [-0.3, -0.25) is 11.3 Å². The maximum Gasteiger partial charge on any atom is 0.0738 e. The Morgan fingerprint density at radius 1 is 1.43 bits per heavy atom. The van der Waals surface area contributed by atoms with Crippen LogP contribution in [0.1, 0.15) is 46.0 Å². The van der Waals surface area contributed by atoms with Crippen molar-refractivity contribution in [3.8, 4) is 0 Å². The van der Waals surface area contributed by atoms with Crippen molar-refractivity contribution in [1.82, 2.24) is 5.43 Å². The predicted molar refractivity (Wildman–Crippen MR) is 58.8 cm³/mol. The molecule has 3 N–H and O–H groups in total. The van der Waals surface area contributed by atoms with E-state index in [1.807, 2.05) is 6.92 Å².